The van der Waals surface area contributed by atoms with Crippen LogP contribution in [0.3, 0.4) is 0 Å². The van der Waals surface area contributed by atoms with Crippen molar-refractivity contribution < 1.29 is 18.3 Å². The average molecular weight is 540 g/mol. The smallest absolute Gasteiger partial charge is 0.249 e. The molecule has 9 heteroatoms. The number of carbonyl (C=O) groups excluding carboxylic acids is 1. The minimum atomic E-state index is -3.85. The maximum Gasteiger partial charge on any atom is 0.249 e. The fraction of sp³-hybridized carbons (Fsp3) is 0.321. The first-order valence-corrected chi connectivity index (χ1v) is 14.8. The predicted molar refractivity (Wildman–Crippen MR) is 149 cm³/mol. The van der Waals surface area contributed by atoms with Crippen molar-refractivity contribution in [1.29, 1.82) is 0 Å². The number of hydrogen-bond acceptors (Lipinski definition) is 6. The van der Waals surface area contributed by atoms with E-state index in [1.54, 1.807) is 24.3 Å². The van der Waals surface area contributed by atoms with E-state index in [9.17, 15) is 18.3 Å². The third kappa shape index (κ3) is 6.80. The topological polar surface area (TPSA) is 89.9 Å². The van der Waals surface area contributed by atoms with Gasteiger partial charge in [-0.25, -0.2) is 8.42 Å². The lowest BCUT2D eigenvalue weighted by Gasteiger charge is -2.27. The highest BCUT2D eigenvalue weighted by Gasteiger charge is 2.40. The molecule has 3 aromatic rings. The Bertz CT molecular complexity index is 1260. The zero-order chi connectivity index (χ0) is 26.3. The number of thioether (sulfide) groups is 1. The number of nitrogens with zero attached hydrogens (tertiary/aromatic N) is 2. The molecule has 0 aromatic heterocycles. The molecule has 1 aliphatic heterocycles. The lowest BCUT2D eigenvalue weighted by molar-refractivity contribution is -0.123. The molecule has 1 amide bonds. The Morgan fingerprint density at radius 1 is 1.00 bits per heavy atom. The first-order chi connectivity index (χ1) is 17.9. The van der Waals surface area contributed by atoms with Crippen LogP contribution in [0.15, 0.2) is 89.8 Å². The SMILES string of the molecule is CN(CCO)CCC(NC(=O)C1SCCN1S(=O)(=O)c1ccc(-c2ccccc2)cc1)c1ccccc1. The molecule has 0 aliphatic carbocycles. The van der Waals surface area contributed by atoms with Crippen LogP contribution in [0.1, 0.15) is 18.0 Å². The third-order valence-corrected chi connectivity index (χ3v) is 9.66. The monoisotopic (exact) mass is 539 g/mol. The quantitative estimate of drug-likeness (QED) is 0.387. The van der Waals surface area contributed by atoms with Crippen LogP contribution < -0.4 is 5.32 Å². The molecular formula is C28H33N3O4S2. The van der Waals surface area contributed by atoms with Gasteiger partial charge in [0.1, 0.15) is 5.37 Å². The minimum absolute atomic E-state index is 0.0662. The van der Waals surface area contributed by atoms with Crippen molar-refractivity contribution in [2.75, 3.05) is 39.0 Å². The molecule has 2 N–H and O–H groups in total. The maximum atomic E-state index is 13.5. The van der Waals surface area contributed by atoms with Crippen molar-refractivity contribution in [1.82, 2.24) is 14.5 Å². The van der Waals surface area contributed by atoms with Crippen molar-refractivity contribution >= 4 is 27.7 Å². The molecule has 37 heavy (non-hydrogen) atoms. The second-order valence-corrected chi connectivity index (χ2v) is 12.1. The Hall–Kier alpha value is -2.69. The molecule has 1 aliphatic rings. The number of aliphatic hydroxyl groups excluding tert-OH is 1. The number of benzene rings is 3. The van der Waals surface area contributed by atoms with E-state index in [0.29, 0.717) is 25.3 Å². The van der Waals surface area contributed by atoms with Gasteiger partial charge < -0.3 is 15.3 Å². The highest BCUT2D eigenvalue weighted by atomic mass is 32.2. The molecular weight excluding hydrogens is 506 g/mol. The minimum Gasteiger partial charge on any atom is -0.395 e. The zero-order valence-electron chi connectivity index (χ0n) is 20.9. The van der Waals surface area contributed by atoms with Crippen LogP contribution in [0.25, 0.3) is 11.1 Å². The van der Waals surface area contributed by atoms with E-state index < -0.39 is 15.4 Å². The fourth-order valence-electron chi connectivity index (χ4n) is 4.38. The first kappa shape index (κ1) is 27.3. The van der Waals surface area contributed by atoms with Gasteiger partial charge in [-0.05, 0) is 42.3 Å². The summed E-state index contributed by atoms with van der Waals surface area (Å²) in [5.74, 6) is 0.236. The highest BCUT2D eigenvalue weighted by molar-refractivity contribution is 8.02. The van der Waals surface area contributed by atoms with E-state index in [2.05, 4.69) is 5.32 Å². The standard InChI is InChI=1S/C28H33N3O4S2/c1-30(18-20-32)17-16-26(24-10-6-3-7-11-24)29-27(33)28-31(19-21-36-28)37(34,35)25-14-12-23(13-15-25)22-8-4-2-5-9-22/h2-15,26,28,32H,16-21H2,1H3,(H,29,33). The van der Waals surface area contributed by atoms with E-state index in [4.69, 9.17) is 0 Å². The van der Waals surface area contributed by atoms with Gasteiger partial charge in [0.2, 0.25) is 15.9 Å². The summed E-state index contributed by atoms with van der Waals surface area (Å²) in [5.41, 5.74) is 2.90. The molecule has 1 saturated heterocycles. The number of likely N-dealkylation sites (N-methyl/N-ethyl adjacent to an activating group) is 1. The van der Waals surface area contributed by atoms with Crippen molar-refractivity contribution in [2.24, 2.45) is 0 Å². The van der Waals surface area contributed by atoms with Crippen LogP contribution >= 0.6 is 11.8 Å². The normalized spacial score (nSPS) is 17.1. The van der Waals surface area contributed by atoms with Crippen molar-refractivity contribution in [3.05, 3.63) is 90.5 Å². The van der Waals surface area contributed by atoms with E-state index >= 15 is 0 Å². The van der Waals surface area contributed by atoms with Crippen LogP contribution in [-0.4, -0.2) is 73.1 Å². The Morgan fingerprint density at radius 3 is 2.27 bits per heavy atom. The second kappa shape index (κ2) is 12.7. The summed E-state index contributed by atoms with van der Waals surface area (Å²) in [4.78, 5) is 15.6. The van der Waals surface area contributed by atoms with Gasteiger partial charge in [-0.1, -0.05) is 72.8 Å². The maximum absolute atomic E-state index is 13.5. The van der Waals surface area contributed by atoms with Gasteiger partial charge in [0.25, 0.3) is 0 Å². The second-order valence-electron chi connectivity index (χ2n) is 9.02. The van der Waals surface area contributed by atoms with Crippen molar-refractivity contribution in [2.45, 2.75) is 22.7 Å². The van der Waals surface area contributed by atoms with Crippen LogP contribution in [0, 0.1) is 0 Å². The number of hydrogen-bond donors (Lipinski definition) is 2. The van der Waals surface area contributed by atoms with Crippen LogP contribution in [0.5, 0.6) is 0 Å². The van der Waals surface area contributed by atoms with E-state index in [1.165, 1.54) is 16.1 Å². The van der Waals surface area contributed by atoms with Gasteiger partial charge in [0.05, 0.1) is 17.5 Å². The summed E-state index contributed by atoms with van der Waals surface area (Å²) < 4.78 is 28.4. The van der Waals surface area contributed by atoms with Crippen molar-refractivity contribution in [3.8, 4) is 11.1 Å². The number of nitrogens with one attached hydrogen (secondary N) is 1. The van der Waals surface area contributed by atoms with Gasteiger partial charge in [-0.3, -0.25) is 4.79 Å². The van der Waals surface area contributed by atoms with Gasteiger partial charge in [-0.2, -0.15) is 4.31 Å². The number of sulfonamides is 1. The Kier molecular flexibility index (Phi) is 9.39. The van der Waals surface area contributed by atoms with E-state index in [1.807, 2.05) is 72.6 Å². The number of rotatable bonds is 11. The lowest BCUT2D eigenvalue weighted by Crippen LogP contribution is -2.46. The number of amides is 1. The average Bonchev–Trinajstić information content (AvgIpc) is 3.44. The summed E-state index contributed by atoms with van der Waals surface area (Å²) in [5, 5.41) is 11.5. The first-order valence-electron chi connectivity index (χ1n) is 12.3. The molecule has 1 heterocycles. The van der Waals surface area contributed by atoms with Gasteiger partial charge in [0, 0.05) is 25.4 Å². The summed E-state index contributed by atoms with van der Waals surface area (Å²) in [6.07, 6.45) is 0.636. The molecule has 0 bridgehead atoms. The molecule has 196 valence electrons. The van der Waals surface area contributed by atoms with Gasteiger partial charge >= 0.3 is 0 Å². The summed E-state index contributed by atoms with van der Waals surface area (Å²) in [6, 6.07) is 26.0. The fourth-order valence-corrected chi connectivity index (χ4v) is 7.46. The molecule has 3 aromatic carbocycles. The van der Waals surface area contributed by atoms with Crippen LogP contribution in [-0.2, 0) is 14.8 Å². The summed E-state index contributed by atoms with van der Waals surface area (Å²) >= 11 is 1.34. The van der Waals surface area contributed by atoms with Crippen molar-refractivity contribution in [3.63, 3.8) is 0 Å². The van der Waals surface area contributed by atoms with E-state index in [0.717, 1.165) is 16.7 Å². The van der Waals surface area contributed by atoms with Crippen LogP contribution in [0.4, 0.5) is 0 Å². The third-order valence-electron chi connectivity index (χ3n) is 6.44. The Balaban J connectivity index is 1.49. The summed E-state index contributed by atoms with van der Waals surface area (Å²) in [6.45, 7) is 1.56. The molecule has 2 atom stereocenters. The molecule has 0 saturated carbocycles. The lowest BCUT2D eigenvalue weighted by atomic mass is 10.0. The largest absolute Gasteiger partial charge is 0.395 e. The zero-order valence-corrected chi connectivity index (χ0v) is 22.5. The predicted octanol–water partition coefficient (Wildman–Crippen LogP) is 3.59. The summed E-state index contributed by atoms with van der Waals surface area (Å²) in [7, 11) is -1.93. The Labute approximate surface area is 223 Å². The van der Waals surface area contributed by atoms with Crippen LogP contribution in [0.2, 0.25) is 0 Å². The highest BCUT2D eigenvalue weighted by Crippen LogP contribution is 2.32. The number of aliphatic hydroxyl groups is 1. The number of carbonyl (C=O) groups is 1. The molecule has 0 radical (unpaired) electrons. The van der Waals surface area contributed by atoms with E-state index in [-0.39, 0.29) is 30.0 Å². The molecule has 7 nitrogen and oxygen atoms in total. The Morgan fingerprint density at radius 2 is 1.62 bits per heavy atom. The van der Waals surface area contributed by atoms with Gasteiger partial charge in [0.15, 0.2) is 0 Å². The van der Waals surface area contributed by atoms with Gasteiger partial charge in [-0.15, -0.1) is 11.8 Å². The molecule has 2 unspecified atom stereocenters. The molecule has 1 fully saturated rings. The molecule has 4 rings (SSSR count). The molecule has 0 spiro atoms.